The third kappa shape index (κ3) is 3.91. The highest BCUT2D eigenvalue weighted by Crippen LogP contribution is 2.13. The molecule has 1 aromatic heterocycles. The lowest BCUT2D eigenvalue weighted by Crippen LogP contribution is -2.39. The molecule has 2 aromatic rings. The van der Waals surface area contributed by atoms with Crippen LogP contribution in [0.2, 0.25) is 0 Å². The van der Waals surface area contributed by atoms with Crippen molar-refractivity contribution in [3.63, 3.8) is 0 Å². The molecule has 0 bridgehead atoms. The number of amides is 2. The van der Waals surface area contributed by atoms with E-state index in [0.717, 1.165) is 0 Å². The van der Waals surface area contributed by atoms with Crippen LogP contribution in [-0.2, 0) is 16.1 Å². The molecule has 1 aromatic carbocycles. The Bertz CT molecular complexity index is 684. The second kappa shape index (κ2) is 6.84. The molecule has 0 aliphatic rings. The zero-order valence-electron chi connectivity index (χ0n) is 12.3. The van der Waals surface area contributed by atoms with Crippen LogP contribution in [0.15, 0.2) is 34.9 Å². The predicted molar refractivity (Wildman–Crippen MR) is 77.5 cm³/mol. The van der Waals surface area contributed by atoms with E-state index < -0.39 is 11.7 Å². The smallest absolute Gasteiger partial charge is 0.240 e. The standard InChI is InChI=1S/C15H16FN3O3/c1-10-7-14(18-22-10)19(11(2)20)9-15(21)17-8-12-5-3-4-6-13(12)16/h3-7H,8-9H2,1-2H3,(H,17,21). The van der Waals surface area contributed by atoms with Crippen molar-refractivity contribution in [2.75, 3.05) is 11.4 Å². The lowest BCUT2D eigenvalue weighted by atomic mass is 10.2. The molecular formula is C15H16FN3O3. The van der Waals surface area contributed by atoms with Crippen LogP contribution in [0.5, 0.6) is 0 Å². The second-order valence-electron chi connectivity index (χ2n) is 4.77. The van der Waals surface area contributed by atoms with Gasteiger partial charge in [-0.2, -0.15) is 0 Å². The maximum absolute atomic E-state index is 13.5. The fourth-order valence-electron chi connectivity index (χ4n) is 1.87. The normalized spacial score (nSPS) is 10.3. The van der Waals surface area contributed by atoms with Gasteiger partial charge in [0.25, 0.3) is 0 Å². The van der Waals surface area contributed by atoms with E-state index in [0.29, 0.717) is 11.3 Å². The lowest BCUT2D eigenvalue weighted by Gasteiger charge is -2.17. The van der Waals surface area contributed by atoms with Gasteiger partial charge in [0.05, 0.1) is 0 Å². The lowest BCUT2D eigenvalue weighted by molar-refractivity contribution is -0.123. The molecule has 0 saturated carbocycles. The number of hydrogen-bond donors (Lipinski definition) is 1. The minimum Gasteiger partial charge on any atom is -0.360 e. The molecule has 116 valence electrons. The summed E-state index contributed by atoms with van der Waals surface area (Å²) in [6.45, 7) is 2.85. The summed E-state index contributed by atoms with van der Waals surface area (Å²) in [5, 5.41) is 6.28. The molecule has 2 amide bonds. The molecule has 22 heavy (non-hydrogen) atoms. The Morgan fingerprint density at radius 1 is 1.36 bits per heavy atom. The average Bonchev–Trinajstić information content (AvgIpc) is 2.90. The van der Waals surface area contributed by atoms with Gasteiger partial charge < -0.3 is 9.84 Å². The highest BCUT2D eigenvalue weighted by molar-refractivity contribution is 5.96. The Labute approximate surface area is 126 Å². The van der Waals surface area contributed by atoms with Crippen LogP contribution in [0.1, 0.15) is 18.2 Å². The number of anilines is 1. The van der Waals surface area contributed by atoms with Crippen molar-refractivity contribution >= 4 is 17.6 Å². The molecule has 1 N–H and O–H groups in total. The topological polar surface area (TPSA) is 75.4 Å². The van der Waals surface area contributed by atoms with Crippen molar-refractivity contribution in [1.29, 1.82) is 0 Å². The predicted octanol–water partition coefficient (Wildman–Crippen LogP) is 1.79. The first-order valence-electron chi connectivity index (χ1n) is 6.69. The maximum Gasteiger partial charge on any atom is 0.240 e. The Morgan fingerprint density at radius 3 is 2.68 bits per heavy atom. The van der Waals surface area contributed by atoms with E-state index in [1.807, 2.05) is 0 Å². The summed E-state index contributed by atoms with van der Waals surface area (Å²) in [6, 6.07) is 7.72. The largest absolute Gasteiger partial charge is 0.360 e. The van der Waals surface area contributed by atoms with Gasteiger partial charge in [-0.1, -0.05) is 23.4 Å². The molecule has 0 aliphatic heterocycles. The molecule has 0 saturated heterocycles. The zero-order chi connectivity index (χ0) is 16.1. The van der Waals surface area contributed by atoms with Crippen molar-refractivity contribution in [1.82, 2.24) is 10.5 Å². The van der Waals surface area contributed by atoms with Gasteiger partial charge in [0.1, 0.15) is 18.1 Å². The van der Waals surface area contributed by atoms with Gasteiger partial charge in [0.15, 0.2) is 5.82 Å². The molecule has 0 fully saturated rings. The number of carbonyl (C=O) groups excluding carboxylic acids is 2. The van der Waals surface area contributed by atoms with Gasteiger partial charge in [0, 0.05) is 25.1 Å². The summed E-state index contributed by atoms with van der Waals surface area (Å²) in [7, 11) is 0. The summed E-state index contributed by atoms with van der Waals surface area (Å²) >= 11 is 0. The van der Waals surface area contributed by atoms with Crippen molar-refractivity contribution in [3.05, 3.63) is 47.5 Å². The number of benzene rings is 1. The third-order valence-electron chi connectivity index (χ3n) is 3.01. The van der Waals surface area contributed by atoms with E-state index in [2.05, 4.69) is 10.5 Å². The van der Waals surface area contributed by atoms with Gasteiger partial charge in [-0.05, 0) is 13.0 Å². The van der Waals surface area contributed by atoms with Crippen molar-refractivity contribution in [2.24, 2.45) is 0 Å². The van der Waals surface area contributed by atoms with Gasteiger partial charge in [-0.25, -0.2) is 4.39 Å². The van der Waals surface area contributed by atoms with Crippen LogP contribution < -0.4 is 10.2 Å². The molecular weight excluding hydrogens is 289 g/mol. The molecule has 1 heterocycles. The quantitative estimate of drug-likeness (QED) is 0.914. The molecule has 2 rings (SSSR count). The van der Waals surface area contributed by atoms with Gasteiger partial charge in [-0.15, -0.1) is 0 Å². The molecule has 0 atom stereocenters. The highest BCUT2D eigenvalue weighted by Gasteiger charge is 2.19. The number of rotatable bonds is 5. The van der Waals surface area contributed by atoms with Gasteiger partial charge >= 0.3 is 0 Å². The number of hydrogen-bond acceptors (Lipinski definition) is 4. The van der Waals surface area contributed by atoms with Crippen LogP contribution >= 0.6 is 0 Å². The first kappa shape index (κ1) is 15.7. The van der Waals surface area contributed by atoms with E-state index in [4.69, 9.17) is 4.52 Å². The summed E-state index contributed by atoms with van der Waals surface area (Å²) in [6.07, 6.45) is 0. The fourth-order valence-corrected chi connectivity index (χ4v) is 1.87. The van der Waals surface area contributed by atoms with E-state index in [-0.39, 0.29) is 24.8 Å². The monoisotopic (exact) mass is 305 g/mol. The van der Waals surface area contributed by atoms with Crippen LogP contribution in [0.4, 0.5) is 10.2 Å². The van der Waals surface area contributed by atoms with Gasteiger partial charge in [0.2, 0.25) is 11.8 Å². The molecule has 0 radical (unpaired) electrons. The van der Waals surface area contributed by atoms with E-state index >= 15 is 0 Å². The number of nitrogens with zero attached hydrogens (tertiary/aromatic N) is 2. The van der Waals surface area contributed by atoms with Crippen molar-refractivity contribution < 1.29 is 18.5 Å². The fraction of sp³-hybridized carbons (Fsp3) is 0.267. The second-order valence-corrected chi connectivity index (χ2v) is 4.77. The number of aromatic nitrogens is 1. The molecule has 7 heteroatoms. The summed E-state index contributed by atoms with van der Waals surface area (Å²) in [4.78, 5) is 24.7. The zero-order valence-corrected chi connectivity index (χ0v) is 12.3. The Hall–Kier alpha value is -2.70. The minimum absolute atomic E-state index is 0.0507. The van der Waals surface area contributed by atoms with Crippen molar-refractivity contribution in [2.45, 2.75) is 20.4 Å². The van der Waals surface area contributed by atoms with Crippen LogP contribution in [0, 0.1) is 12.7 Å². The first-order chi connectivity index (χ1) is 10.5. The average molecular weight is 305 g/mol. The molecule has 0 aliphatic carbocycles. The summed E-state index contributed by atoms with van der Waals surface area (Å²) < 4.78 is 18.4. The van der Waals surface area contributed by atoms with Crippen LogP contribution in [0.25, 0.3) is 0 Å². The summed E-state index contributed by atoms with van der Waals surface area (Å²) in [5.41, 5.74) is 0.377. The number of nitrogens with one attached hydrogen (secondary N) is 1. The molecule has 0 unspecified atom stereocenters. The van der Waals surface area contributed by atoms with E-state index in [1.165, 1.54) is 17.9 Å². The van der Waals surface area contributed by atoms with E-state index in [9.17, 15) is 14.0 Å². The van der Waals surface area contributed by atoms with E-state index in [1.54, 1.807) is 31.2 Å². The third-order valence-corrected chi connectivity index (χ3v) is 3.01. The van der Waals surface area contributed by atoms with Crippen LogP contribution in [-0.4, -0.2) is 23.5 Å². The first-order valence-corrected chi connectivity index (χ1v) is 6.69. The highest BCUT2D eigenvalue weighted by atomic mass is 19.1. The minimum atomic E-state index is -0.417. The number of aryl methyl sites for hydroxylation is 1. The molecule has 6 nitrogen and oxygen atoms in total. The maximum atomic E-state index is 13.5. The Balaban J connectivity index is 1.97. The Morgan fingerprint density at radius 2 is 2.09 bits per heavy atom. The van der Waals surface area contributed by atoms with Crippen molar-refractivity contribution in [3.8, 4) is 0 Å². The number of halogens is 1. The summed E-state index contributed by atoms with van der Waals surface area (Å²) in [5.74, 6) is -0.342. The SMILES string of the molecule is CC(=O)N(CC(=O)NCc1ccccc1F)c1cc(C)on1. The number of carbonyl (C=O) groups is 2. The van der Waals surface area contributed by atoms with Crippen LogP contribution in [0.3, 0.4) is 0 Å². The molecule has 0 spiro atoms. The van der Waals surface area contributed by atoms with Gasteiger partial charge in [-0.3, -0.25) is 14.5 Å². The Kier molecular flexibility index (Phi) is 4.88.